The number of pyridine rings is 1. The Balaban J connectivity index is 2.53. The van der Waals surface area contributed by atoms with Crippen LogP contribution < -0.4 is 5.56 Å². The topological polar surface area (TPSA) is 56.6 Å². The molecular formula is C10H5ClN2OS. The summed E-state index contributed by atoms with van der Waals surface area (Å²) in [6, 6.07) is 6.77. The zero-order valence-electron chi connectivity index (χ0n) is 7.45. The third kappa shape index (κ3) is 1.94. The van der Waals surface area contributed by atoms with Crippen molar-refractivity contribution in [1.29, 1.82) is 5.26 Å². The highest BCUT2D eigenvalue weighted by Crippen LogP contribution is 2.26. The van der Waals surface area contributed by atoms with Gasteiger partial charge in [-0.3, -0.25) is 4.79 Å². The fraction of sp³-hybridized carbons (Fsp3) is 0. The Bertz CT molecular complexity index is 594. The van der Waals surface area contributed by atoms with Crippen LogP contribution in [0.15, 0.2) is 28.4 Å². The third-order valence-corrected chi connectivity index (χ3v) is 3.00. The first-order valence-electron chi connectivity index (χ1n) is 4.08. The van der Waals surface area contributed by atoms with Gasteiger partial charge in [0, 0.05) is 16.6 Å². The van der Waals surface area contributed by atoms with E-state index in [1.54, 1.807) is 12.1 Å². The lowest BCUT2D eigenvalue weighted by Gasteiger charge is -1.96. The van der Waals surface area contributed by atoms with E-state index in [0.29, 0.717) is 10.0 Å². The highest BCUT2D eigenvalue weighted by atomic mass is 35.5. The largest absolute Gasteiger partial charge is 0.321 e. The molecule has 0 atom stereocenters. The lowest BCUT2D eigenvalue weighted by atomic mass is 10.2. The number of halogens is 1. The van der Waals surface area contributed by atoms with Crippen LogP contribution in [0.3, 0.4) is 0 Å². The van der Waals surface area contributed by atoms with Crippen molar-refractivity contribution < 1.29 is 0 Å². The van der Waals surface area contributed by atoms with Crippen LogP contribution in [-0.4, -0.2) is 4.98 Å². The van der Waals surface area contributed by atoms with Gasteiger partial charge in [-0.1, -0.05) is 11.6 Å². The van der Waals surface area contributed by atoms with Crippen LogP contribution in [0.1, 0.15) is 5.56 Å². The Morgan fingerprint density at radius 3 is 2.80 bits per heavy atom. The highest BCUT2D eigenvalue weighted by Gasteiger charge is 2.04. The van der Waals surface area contributed by atoms with Crippen LogP contribution in [-0.2, 0) is 0 Å². The summed E-state index contributed by atoms with van der Waals surface area (Å²) in [4.78, 5) is 14.0. The number of nitriles is 1. The molecule has 0 fully saturated rings. The minimum Gasteiger partial charge on any atom is -0.321 e. The van der Waals surface area contributed by atoms with Crippen LogP contribution in [0.5, 0.6) is 0 Å². The Morgan fingerprint density at radius 1 is 1.47 bits per heavy atom. The molecule has 0 radical (unpaired) electrons. The first-order valence-corrected chi connectivity index (χ1v) is 5.34. The zero-order chi connectivity index (χ0) is 10.8. The van der Waals surface area contributed by atoms with Crippen molar-refractivity contribution in [1.82, 2.24) is 4.98 Å². The molecule has 0 aliphatic rings. The molecule has 15 heavy (non-hydrogen) atoms. The summed E-state index contributed by atoms with van der Waals surface area (Å²) in [7, 11) is 0. The van der Waals surface area contributed by atoms with Gasteiger partial charge in [-0.15, -0.1) is 11.3 Å². The summed E-state index contributed by atoms with van der Waals surface area (Å²) in [5.74, 6) is 0. The number of hydrogen-bond donors (Lipinski definition) is 1. The molecule has 0 aliphatic carbocycles. The van der Waals surface area contributed by atoms with Gasteiger partial charge in [-0.25, -0.2) is 0 Å². The van der Waals surface area contributed by atoms with Crippen LogP contribution in [0, 0.1) is 11.3 Å². The maximum atomic E-state index is 11.3. The van der Waals surface area contributed by atoms with Crippen molar-refractivity contribution in [2.75, 3.05) is 0 Å². The molecule has 2 aromatic rings. The van der Waals surface area contributed by atoms with Gasteiger partial charge in [0.25, 0.3) is 5.56 Å². The number of nitrogens with zero attached hydrogens (tertiary/aromatic N) is 1. The number of nitrogens with one attached hydrogen (secondary N) is 1. The molecule has 2 rings (SSSR count). The average Bonchev–Trinajstić information content (AvgIpc) is 2.65. The smallest absolute Gasteiger partial charge is 0.266 e. The molecular weight excluding hydrogens is 232 g/mol. The summed E-state index contributed by atoms with van der Waals surface area (Å²) < 4.78 is 0.662. The van der Waals surface area contributed by atoms with E-state index in [1.165, 1.54) is 17.4 Å². The summed E-state index contributed by atoms with van der Waals surface area (Å²) in [5, 5.41) is 10.4. The van der Waals surface area contributed by atoms with E-state index in [-0.39, 0.29) is 11.1 Å². The summed E-state index contributed by atoms with van der Waals surface area (Å²) in [5.41, 5.74) is 1.26. The fourth-order valence-electron chi connectivity index (χ4n) is 1.18. The second-order valence-corrected chi connectivity index (χ2v) is 4.41. The van der Waals surface area contributed by atoms with Gasteiger partial charge < -0.3 is 4.98 Å². The van der Waals surface area contributed by atoms with Gasteiger partial charge in [0.1, 0.15) is 11.6 Å². The number of aromatic amines is 1. The maximum absolute atomic E-state index is 11.3. The molecule has 0 spiro atoms. The van der Waals surface area contributed by atoms with E-state index >= 15 is 0 Å². The molecule has 0 amide bonds. The van der Waals surface area contributed by atoms with Crippen LogP contribution in [0.4, 0.5) is 0 Å². The lowest BCUT2D eigenvalue weighted by Crippen LogP contribution is -2.09. The average molecular weight is 237 g/mol. The zero-order valence-corrected chi connectivity index (χ0v) is 9.02. The van der Waals surface area contributed by atoms with E-state index in [1.807, 2.05) is 11.4 Å². The second kappa shape index (κ2) is 3.89. The van der Waals surface area contributed by atoms with Crippen molar-refractivity contribution in [2.45, 2.75) is 0 Å². The number of aromatic nitrogens is 1. The molecule has 2 heterocycles. The summed E-state index contributed by atoms with van der Waals surface area (Å²) in [6.45, 7) is 0. The van der Waals surface area contributed by atoms with Gasteiger partial charge in [0.15, 0.2) is 0 Å². The molecule has 0 saturated carbocycles. The molecule has 3 nitrogen and oxygen atoms in total. The van der Waals surface area contributed by atoms with Gasteiger partial charge in [-0.2, -0.15) is 5.26 Å². The van der Waals surface area contributed by atoms with Gasteiger partial charge in [0.05, 0.1) is 4.34 Å². The van der Waals surface area contributed by atoms with Crippen molar-refractivity contribution in [3.8, 4) is 17.3 Å². The van der Waals surface area contributed by atoms with Gasteiger partial charge in [-0.05, 0) is 18.2 Å². The molecule has 2 aromatic heterocycles. The fourth-order valence-corrected chi connectivity index (χ4v) is 2.06. The monoisotopic (exact) mass is 236 g/mol. The predicted octanol–water partition coefficient (Wildman–Crippen LogP) is 2.63. The van der Waals surface area contributed by atoms with E-state index in [4.69, 9.17) is 16.9 Å². The normalized spacial score (nSPS) is 9.87. The van der Waals surface area contributed by atoms with Gasteiger partial charge in [0.2, 0.25) is 0 Å². The van der Waals surface area contributed by atoms with E-state index in [0.717, 1.165) is 5.56 Å². The molecule has 0 saturated heterocycles. The SMILES string of the molecule is N#Cc1ccc(-c2csc(Cl)c2)[nH]c1=O. The first-order chi connectivity index (χ1) is 7.20. The predicted molar refractivity (Wildman–Crippen MR) is 60.1 cm³/mol. The number of H-pyrrole nitrogens is 1. The Kier molecular flexibility index (Phi) is 2.58. The molecule has 0 unspecified atom stereocenters. The summed E-state index contributed by atoms with van der Waals surface area (Å²) in [6.07, 6.45) is 0. The first kappa shape index (κ1) is 9.97. The lowest BCUT2D eigenvalue weighted by molar-refractivity contribution is 1.22. The van der Waals surface area contributed by atoms with Crippen LogP contribution >= 0.6 is 22.9 Å². The van der Waals surface area contributed by atoms with Crippen molar-refractivity contribution in [2.24, 2.45) is 0 Å². The molecule has 5 heteroatoms. The van der Waals surface area contributed by atoms with Gasteiger partial charge >= 0.3 is 0 Å². The Hall–Kier alpha value is -1.57. The molecule has 1 N–H and O–H groups in total. The van der Waals surface area contributed by atoms with E-state index < -0.39 is 0 Å². The second-order valence-electron chi connectivity index (χ2n) is 2.87. The Labute approximate surface area is 94.6 Å². The third-order valence-electron chi connectivity index (χ3n) is 1.91. The molecule has 0 bridgehead atoms. The number of rotatable bonds is 1. The highest BCUT2D eigenvalue weighted by molar-refractivity contribution is 7.14. The minimum atomic E-state index is -0.377. The Morgan fingerprint density at radius 2 is 2.27 bits per heavy atom. The van der Waals surface area contributed by atoms with E-state index in [2.05, 4.69) is 4.98 Å². The van der Waals surface area contributed by atoms with Crippen molar-refractivity contribution in [3.63, 3.8) is 0 Å². The number of thiophene rings is 1. The molecule has 0 aromatic carbocycles. The van der Waals surface area contributed by atoms with Crippen LogP contribution in [0.25, 0.3) is 11.3 Å². The maximum Gasteiger partial charge on any atom is 0.266 e. The van der Waals surface area contributed by atoms with Crippen molar-refractivity contribution in [3.05, 3.63) is 43.8 Å². The molecule has 74 valence electrons. The number of hydrogen-bond acceptors (Lipinski definition) is 3. The standard InChI is InChI=1S/C10H5ClN2OS/c11-9-3-7(5-15-9)8-2-1-6(4-12)10(14)13-8/h1-3,5H,(H,13,14). The minimum absolute atomic E-state index is 0.111. The van der Waals surface area contributed by atoms with Crippen LogP contribution in [0.2, 0.25) is 4.34 Å². The summed E-state index contributed by atoms with van der Waals surface area (Å²) >= 11 is 7.18. The van der Waals surface area contributed by atoms with E-state index in [9.17, 15) is 4.79 Å². The van der Waals surface area contributed by atoms with Crippen molar-refractivity contribution >= 4 is 22.9 Å². The quantitative estimate of drug-likeness (QED) is 0.828. The molecule has 0 aliphatic heterocycles.